The molecule has 0 saturated carbocycles. The molecule has 0 amide bonds. The quantitative estimate of drug-likeness (QED) is 0.592. The first-order valence-corrected chi connectivity index (χ1v) is 4.58. The van der Waals surface area contributed by atoms with Crippen LogP contribution in [0, 0.1) is 0 Å². The van der Waals surface area contributed by atoms with E-state index in [2.05, 4.69) is 19.9 Å². The topological polar surface area (TPSA) is 52.8 Å². The summed E-state index contributed by atoms with van der Waals surface area (Å²) in [6.07, 6.45) is 6.89. The van der Waals surface area contributed by atoms with Crippen LogP contribution in [0.5, 0.6) is 0 Å². The van der Waals surface area contributed by atoms with E-state index in [-0.39, 0.29) is 0 Å². The van der Waals surface area contributed by atoms with Crippen LogP contribution in [0.25, 0.3) is 22.4 Å². The fourth-order valence-corrected chi connectivity index (χ4v) is 1.44. The first-order valence-electron chi connectivity index (χ1n) is 4.58. The lowest BCUT2D eigenvalue weighted by Gasteiger charge is -2.01. The summed E-state index contributed by atoms with van der Waals surface area (Å²) < 4.78 is 0. The maximum Gasteiger partial charge on any atom is 0.0302 e. The second-order valence-electron chi connectivity index (χ2n) is 3.15. The molecule has 0 aliphatic rings. The third kappa shape index (κ3) is 1.36. The van der Waals surface area contributed by atoms with Crippen LogP contribution in [-0.4, -0.2) is 15.0 Å². The van der Waals surface area contributed by atoms with Crippen LogP contribution in [0.1, 0.15) is 0 Å². The molecule has 72 valence electrons. The van der Waals surface area contributed by atoms with Crippen LogP contribution < -0.4 is 4.98 Å². The van der Waals surface area contributed by atoms with Gasteiger partial charge in [0.15, 0.2) is 0 Å². The highest BCUT2D eigenvalue weighted by Gasteiger charge is 1.93. The van der Waals surface area contributed by atoms with E-state index in [4.69, 9.17) is 0 Å². The number of fused-ring (bicyclic) bond motifs is 1. The highest BCUT2D eigenvalue weighted by atomic mass is 14.9. The fourth-order valence-electron chi connectivity index (χ4n) is 1.44. The Kier molecular flexibility index (Phi) is 1.71. The van der Waals surface area contributed by atoms with Crippen LogP contribution in [0.15, 0.2) is 43.0 Å². The molecule has 3 aromatic rings. The molecule has 3 rings (SSSR count). The minimum Gasteiger partial charge on any atom is -0.435 e. The number of aromatic nitrogens is 4. The lowest BCUT2D eigenvalue weighted by Crippen LogP contribution is -1.81. The molecule has 0 aliphatic heterocycles. The average Bonchev–Trinajstić information content (AvgIpc) is 2.74. The summed E-state index contributed by atoms with van der Waals surface area (Å²) in [5, 5.41) is 0. The van der Waals surface area contributed by atoms with Crippen LogP contribution in [0.2, 0.25) is 0 Å². The maximum atomic E-state index is 4.40. The summed E-state index contributed by atoms with van der Waals surface area (Å²) >= 11 is 0. The fraction of sp³-hybridized carbons (Fsp3) is 0. The Labute approximate surface area is 86.0 Å². The van der Waals surface area contributed by atoms with Crippen LogP contribution in [0.3, 0.4) is 0 Å². The van der Waals surface area contributed by atoms with Crippen molar-refractivity contribution in [2.45, 2.75) is 0 Å². The summed E-state index contributed by atoms with van der Waals surface area (Å²) in [6.45, 7) is 0. The van der Waals surface area contributed by atoms with Crippen molar-refractivity contribution in [3.05, 3.63) is 43.0 Å². The zero-order chi connectivity index (χ0) is 10.1. The Bertz CT molecular complexity index is 553. The SMILES string of the molecule is c1cc(-c2nc3cnccc3[n-]2)ccn1. The van der Waals surface area contributed by atoms with Crippen molar-refractivity contribution in [2.75, 3.05) is 0 Å². The third-order valence-electron chi connectivity index (χ3n) is 2.17. The lowest BCUT2D eigenvalue weighted by molar-refractivity contribution is 1.27. The van der Waals surface area contributed by atoms with E-state index in [9.17, 15) is 0 Å². The molecule has 3 heterocycles. The standard InChI is InChI=1S/C11H7N4/c1-4-12-5-2-8(1)11-14-9-3-6-13-7-10(9)15-11/h1-7H/q-1. The van der Waals surface area contributed by atoms with Crippen LogP contribution in [0.4, 0.5) is 0 Å². The second kappa shape index (κ2) is 3.16. The number of imidazole rings is 1. The molecule has 0 bridgehead atoms. The zero-order valence-electron chi connectivity index (χ0n) is 7.83. The van der Waals surface area contributed by atoms with E-state index in [0.717, 1.165) is 22.4 Å². The number of pyridine rings is 2. The van der Waals surface area contributed by atoms with Gasteiger partial charge in [-0.3, -0.25) is 9.97 Å². The van der Waals surface area contributed by atoms with Gasteiger partial charge in [-0.25, -0.2) is 0 Å². The summed E-state index contributed by atoms with van der Waals surface area (Å²) in [6, 6.07) is 5.64. The third-order valence-corrected chi connectivity index (χ3v) is 2.17. The molecule has 15 heavy (non-hydrogen) atoms. The maximum absolute atomic E-state index is 4.40. The van der Waals surface area contributed by atoms with Gasteiger partial charge in [0.1, 0.15) is 0 Å². The predicted octanol–water partition coefficient (Wildman–Crippen LogP) is 1.65. The van der Waals surface area contributed by atoms with Gasteiger partial charge in [-0.05, 0) is 34.8 Å². The molecule has 0 fully saturated rings. The van der Waals surface area contributed by atoms with Crippen molar-refractivity contribution in [3.63, 3.8) is 0 Å². The minimum absolute atomic E-state index is 0.723. The molecular formula is C11H7N4-. The number of hydrogen-bond acceptors (Lipinski definition) is 3. The Balaban J connectivity index is 2.21. The summed E-state index contributed by atoms with van der Waals surface area (Å²) in [5.74, 6) is 0.723. The molecule has 3 aromatic heterocycles. The molecule has 0 radical (unpaired) electrons. The van der Waals surface area contributed by atoms with Crippen molar-refractivity contribution in [3.8, 4) is 11.4 Å². The number of hydrogen-bond donors (Lipinski definition) is 0. The van der Waals surface area contributed by atoms with E-state index >= 15 is 0 Å². The lowest BCUT2D eigenvalue weighted by atomic mass is 10.3. The number of nitrogens with zero attached hydrogens (tertiary/aromatic N) is 4. The molecular weight excluding hydrogens is 188 g/mol. The van der Waals surface area contributed by atoms with Gasteiger partial charge < -0.3 is 9.97 Å². The molecule has 0 aliphatic carbocycles. The smallest absolute Gasteiger partial charge is 0.0302 e. The van der Waals surface area contributed by atoms with E-state index < -0.39 is 0 Å². The molecule has 0 N–H and O–H groups in total. The number of rotatable bonds is 1. The Hall–Kier alpha value is -2.23. The van der Waals surface area contributed by atoms with Crippen molar-refractivity contribution in [1.29, 1.82) is 0 Å². The Morgan fingerprint density at radius 2 is 1.73 bits per heavy atom. The summed E-state index contributed by atoms with van der Waals surface area (Å²) in [5.41, 5.74) is 2.67. The normalized spacial score (nSPS) is 10.7. The zero-order valence-corrected chi connectivity index (χ0v) is 7.83. The van der Waals surface area contributed by atoms with Gasteiger partial charge in [0.05, 0.1) is 0 Å². The highest BCUT2D eigenvalue weighted by Crippen LogP contribution is 2.17. The monoisotopic (exact) mass is 195 g/mol. The summed E-state index contributed by atoms with van der Waals surface area (Å²) in [4.78, 5) is 16.7. The van der Waals surface area contributed by atoms with Crippen molar-refractivity contribution < 1.29 is 0 Å². The minimum atomic E-state index is 0.723. The van der Waals surface area contributed by atoms with Gasteiger partial charge >= 0.3 is 0 Å². The van der Waals surface area contributed by atoms with E-state index in [1.54, 1.807) is 24.8 Å². The van der Waals surface area contributed by atoms with E-state index in [0.29, 0.717) is 0 Å². The summed E-state index contributed by atoms with van der Waals surface area (Å²) in [7, 11) is 0. The van der Waals surface area contributed by atoms with Crippen LogP contribution in [-0.2, 0) is 0 Å². The highest BCUT2D eigenvalue weighted by molar-refractivity contribution is 5.77. The van der Waals surface area contributed by atoms with Crippen molar-refractivity contribution in [2.24, 2.45) is 0 Å². The Morgan fingerprint density at radius 1 is 0.933 bits per heavy atom. The molecule has 4 nitrogen and oxygen atoms in total. The van der Waals surface area contributed by atoms with Gasteiger partial charge in [0.25, 0.3) is 0 Å². The molecule has 0 spiro atoms. The van der Waals surface area contributed by atoms with Gasteiger partial charge in [-0.2, -0.15) is 0 Å². The van der Waals surface area contributed by atoms with Crippen molar-refractivity contribution >= 4 is 11.0 Å². The van der Waals surface area contributed by atoms with Gasteiger partial charge in [-0.1, -0.05) is 5.82 Å². The molecule has 0 unspecified atom stereocenters. The molecule has 0 saturated heterocycles. The van der Waals surface area contributed by atoms with Crippen molar-refractivity contribution in [1.82, 2.24) is 19.9 Å². The van der Waals surface area contributed by atoms with Gasteiger partial charge in [-0.15, -0.1) is 0 Å². The molecule has 0 aromatic carbocycles. The Morgan fingerprint density at radius 3 is 2.53 bits per heavy atom. The first kappa shape index (κ1) is 8.11. The largest absolute Gasteiger partial charge is 0.435 e. The first-order chi connectivity index (χ1) is 7.43. The predicted molar refractivity (Wildman–Crippen MR) is 56.1 cm³/mol. The van der Waals surface area contributed by atoms with Crippen LogP contribution >= 0.6 is 0 Å². The molecule has 0 atom stereocenters. The van der Waals surface area contributed by atoms with E-state index in [1.807, 2.05) is 18.2 Å². The van der Waals surface area contributed by atoms with Gasteiger partial charge in [0.2, 0.25) is 0 Å². The second-order valence-corrected chi connectivity index (χ2v) is 3.15. The average molecular weight is 195 g/mol. The van der Waals surface area contributed by atoms with E-state index in [1.165, 1.54) is 0 Å². The van der Waals surface area contributed by atoms with Gasteiger partial charge in [0, 0.05) is 24.8 Å². The molecule has 4 heteroatoms.